The monoisotopic (exact) mass is 329 g/mol. The molecule has 0 spiro atoms. The van der Waals surface area contributed by atoms with Gasteiger partial charge in [0.2, 0.25) is 0 Å². The van der Waals surface area contributed by atoms with Crippen molar-refractivity contribution in [1.29, 1.82) is 0 Å². The van der Waals surface area contributed by atoms with E-state index in [1.165, 1.54) is 19.3 Å². The summed E-state index contributed by atoms with van der Waals surface area (Å²) < 4.78 is 5.60. The summed E-state index contributed by atoms with van der Waals surface area (Å²) >= 11 is 4.12. The maximum Gasteiger partial charge on any atom is 0.290 e. The van der Waals surface area contributed by atoms with Gasteiger partial charge in [0.05, 0.1) is 12.0 Å². The molecule has 1 aromatic carbocycles. The molecule has 0 unspecified atom stereocenters. The number of halogens is 1. The predicted octanol–water partition coefficient (Wildman–Crippen LogP) is 2.49. The summed E-state index contributed by atoms with van der Waals surface area (Å²) in [4.78, 5) is 22.7. The summed E-state index contributed by atoms with van der Waals surface area (Å²) in [6.45, 7) is 0. The van der Waals surface area contributed by atoms with Crippen molar-refractivity contribution in [3.8, 4) is 11.5 Å². The lowest BCUT2D eigenvalue weighted by Gasteiger charge is -2.06. The molecule has 2 amide bonds. The maximum absolute atomic E-state index is 11.4. The van der Waals surface area contributed by atoms with Gasteiger partial charge in [-0.3, -0.25) is 14.9 Å². The van der Waals surface area contributed by atoms with E-state index in [9.17, 15) is 14.7 Å². The summed E-state index contributed by atoms with van der Waals surface area (Å²) in [5, 5.41) is 11.4. The van der Waals surface area contributed by atoms with E-state index in [0.717, 1.165) is 11.8 Å². The Balaban J connectivity index is 2.41. The lowest BCUT2D eigenvalue weighted by Crippen LogP contribution is -2.17. The van der Waals surface area contributed by atoms with E-state index in [2.05, 4.69) is 21.2 Å². The third-order valence-electron chi connectivity index (χ3n) is 2.23. The molecular weight excluding hydrogens is 322 g/mol. The van der Waals surface area contributed by atoms with Gasteiger partial charge in [-0.2, -0.15) is 0 Å². The van der Waals surface area contributed by atoms with Gasteiger partial charge in [-0.1, -0.05) is 15.9 Å². The zero-order chi connectivity index (χ0) is 13.3. The minimum atomic E-state index is -0.438. The second kappa shape index (κ2) is 5.03. The van der Waals surface area contributed by atoms with Crippen LogP contribution in [0.4, 0.5) is 4.79 Å². The Labute approximate surface area is 115 Å². The number of benzene rings is 1. The number of carbonyl (C=O) groups is 2. The quantitative estimate of drug-likeness (QED) is 0.815. The molecule has 5 nitrogen and oxygen atoms in total. The van der Waals surface area contributed by atoms with Crippen molar-refractivity contribution in [2.75, 3.05) is 7.11 Å². The zero-order valence-corrected chi connectivity index (χ0v) is 11.6. The molecule has 94 valence electrons. The van der Waals surface area contributed by atoms with E-state index >= 15 is 0 Å². The molecule has 1 aliphatic heterocycles. The highest BCUT2D eigenvalue weighted by atomic mass is 79.9. The van der Waals surface area contributed by atoms with Crippen molar-refractivity contribution < 1.29 is 19.4 Å². The number of methoxy groups -OCH3 is 1. The van der Waals surface area contributed by atoms with Crippen molar-refractivity contribution in [3.63, 3.8) is 0 Å². The van der Waals surface area contributed by atoms with Crippen molar-refractivity contribution in [2.45, 2.75) is 0 Å². The van der Waals surface area contributed by atoms with Crippen LogP contribution >= 0.6 is 27.7 Å². The highest BCUT2D eigenvalue weighted by Crippen LogP contribution is 2.35. The van der Waals surface area contributed by atoms with E-state index in [1.807, 2.05) is 0 Å². The predicted molar refractivity (Wildman–Crippen MR) is 71.5 cm³/mol. The van der Waals surface area contributed by atoms with E-state index in [1.54, 1.807) is 6.07 Å². The summed E-state index contributed by atoms with van der Waals surface area (Å²) in [6.07, 6.45) is 1.52. The number of nitrogens with one attached hydrogen (secondary N) is 1. The molecule has 7 heteroatoms. The SMILES string of the molecule is COc1cc(Br)c(C=C2SC(=O)NC2=O)cc1O. The molecule has 0 radical (unpaired) electrons. The number of rotatable bonds is 2. The van der Waals surface area contributed by atoms with Gasteiger partial charge in [-0.25, -0.2) is 0 Å². The third kappa shape index (κ3) is 2.51. The molecule has 0 saturated carbocycles. The lowest BCUT2D eigenvalue weighted by molar-refractivity contribution is -0.115. The fourth-order valence-electron chi connectivity index (χ4n) is 1.40. The Kier molecular flexibility index (Phi) is 3.63. The summed E-state index contributed by atoms with van der Waals surface area (Å²) in [5.41, 5.74) is 0.584. The average Bonchev–Trinajstić information content (AvgIpc) is 2.62. The number of carbonyl (C=O) groups excluding carboxylic acids is 2. The summed E-state index contributed by atoms with van der Waals surface area (Å²) in [5.74, 6) is -0.155. The number of aromatic hydroxyl groups is 1. The van der Waals surface area contributed by atoms with Gasteiger partial charge >= 0.3 is 0 Å². The van der Waals surface area contributed by atoms with E-state index < -0.39 is 11.1 Å². The summed E-state index contributed by atoms with van der Waals surface area (Å²) in [7, 11) is 1.44. The first-order valence-corrected chi connectivity index (χ1v) is 6.43. The molecule has 2 N–H and O–H groups in total. The molecule has 1 heterocycles. The normalized spacial score (nSPS) is 17.1. The van der Waals surface area contributed by atoms with Gasteiger partial charge in [0, 0.05) is 4.47 Å². The molecule has 1 fully saturated rings. The molecular formula is C11H8BrNO4S. The van der Waals surface area contributed by atoms with Crippen LogP contribution in [-0.4, -0.2) is 23.4 Å². The van der Waals surface area contributed by atoms with E-state index in [4.69, 9.17) is 4.74 Å². The van der Waals surface area contributed by atoms with Crippen LogP contribution in [0.3, 0.4) is 0 Å². The Morgan fingerprint density at radius 2 is 2.17 bits per heavy atom. The summed E-state index contributed by atoms with van der Waals surface area (Å²) in [6, 6.07) is 3.04. The van der Waals surface area contributed by atoms with Crippen LogP contribution in [-0.2, 0) is 4.79 Å². The molecule has 1 saturated heterocycles. The smallest absolute Gasteiger partial charge is 0.290 e. The largest absolute Gasteiger partial charge is 0.504 e. The van der Waals surface area contributed by atoms with E-state index in [-0.39, 0.29) is 10.7 Å². The van der Waals surface area contributed by atoms with Crippen LogP contribution in [0.15, 0.2) is 21.5 Å². The molecule has 1 aromatic rings. The van der Waals surface area contributed by atoms with Crippen molar-refractivity contribution >= 4 is 44.9 Å². The first kappa shape index (κ1) is 13.0. The van der Waals surface area contributed by atoms with Crippen LogP contribution in [0, 0.1) is 0 Å². The average molecular weight is 330 g/mol. The number of phenols is 1. The van der Waals surface area contributed by atoms with Gasteiger partial charge in [0.1, 0.15) is 0 Å². The number of hydrogen-bond donors (Lipinski definition) is 2. The highest BCUT2D eigenvalue weighted by molar-refractivity contribution is 9.10. The van der Waals surface area contributed by atoms with Crippen molar-refractivity contribution in [2.24, 2.45) is 0 Å². The maximum atomic E-state index is 11.4. The number of imide groups is 1. The highest BCUT2D eigenvalue weighted by Gasteiger charge is 2.25. The number of amides is 2. The molecule has 0 atom stereocenters. The molecule has 18 heavy (non-hydrogen) atoms. The third-order valence-corrected chi connectivity index (χ3v) is 3.72. The van der Waals surface area contributed by atoms with Gasteiger partial charge in [0.15, 0.2) is 11.5 Å². The zero-order valence-electron chi connectivity index (χ0n) is 9.19. The minimum Gasteiger partial charge on any atom is -0.504 e. The fourth-order valence-corrected chi connectivity index (χ4v) is 2.51. The van der Waals surface area contributed by atoms with Crippen molar-refractivity contribution in [3.05, 3.63) is 27.1 Å². The van der Waals surface area contributed by atoms with Crippen LogP contribution in [0.1, 0.15) is 5.56 Å². The van der Waals surface area contributed by atoms with Crippen LogP contribution in [0.5, 0.6) is 11.5 Å². The van der Waals surface area contributed by atoms with Gasteiger partial charge in [-0.15, -0.1) is 0 Å². The van der Waals surface area contributed by atoms with Crippen molar-refractivity contribution in [1.82, 2.24) is 5.32 Å². The van der Waals surface area contributed by atoms with Gasteiger partial charge in [-0.05, 0) is 35.5 Å². The standard InChI is InChI=1S/C11H8BrNO4S/c1-17-8-4-6(12)5(2-7(8)14)3-9-10(15)13-11(16)18-9/h2-4,14H,1H3,(H,13,15,16). The first-order valence-electron chi connectivity index (χ1n) is 4.82. The second-order valence-electron chi connectivity index (χ2n) is 3.40. The fraction of sp³-hybridized carbons (Fsp3) is 0.0909. The van der Waals surface area contributed by atoms with Crippen LogP contribution < -0.4 is 10.1 Å². The number of hydrogen-bond acceptors (Lipinski definition) is 5. The van der Waals surface area contributed by atoms with Gasteiger partial charge in [0.25, 0.3) is 11.1 Å². The van der Waals surface area contributed by atoms with Crippen LogP contribution in [0.25, 0.3) is 6.08 Å². The molecule has 0 bridgehead atoms. The minimum absolute atomic E-state index is 0.0396. The Bertz CT molecular complexity index is 570. The van der Waals surface area contributed by atoms with Crippen LogP contribution in [0.2, 0.25) is 0 Å². The Morgan fingerprint density at radius 3 is 2.72 bits per heavy atom. The van der Waals surface area contributed by atoms with E-state index in [0.29, 0.717) is 15.8 Å². The number of phenolic OH excluding ortho intramolecular Hbond substituents is 1. The number of ether oxygens (including phenoxy) is 1. The number of thioether (sulfide) groups is 1. The molecule has 2 rings (SSSR count). The second-order valence-corrected chi connectivity index (χ2v) is 5.27. The Morgan fingerprint density at radius 1 is 1.44 bits per heavy atom. The van der Waals surface area contributed by atoms with Gasteiger partial charge < -0.3 is 9.84 Å². The molecule has 0 aliphatic carbocycles. The lowest BCUT2D eigenvalue weighted by atomic mass is 10.2. The topological polar surface area (TPSA) is 75.6 Å². The first-order chi connectivity index (χ1) is 8.51. The molecule has 1 aliphatic rings. The Hall–Kier alpha value is -1.47. The molecule has 0 aromatic heterocycles.